The Balaban J connectivity index is 2.05. The number of piperazine rings is 1. The van der Waals surface area contributed by atoms with Crippen LogP contribution in [0.25, 0.3) is 0 Å². The Morgan fingerprint density at radius 1 is 0.929 bits per heavy atom. The van der Waals surface area contributed by atoms with Gasteiger partial charge in [0.15, 0.2) is 0 Å². The molecule has 1 heterocycles. The monoisotopic (exact) mass is 201 g/mol. The van der Waals surface area contributed by atoms with E-state index in [0.717, 1.165) is 58.7 Å². The molecule has 0 spiro atoms. The summed E-state index contributed by atoms with van der Waals surface area (Å²) in [5.74, 6) is 0. The highest BCUT2D eigenvalue weighted by Gasteiger charge is 2.15. The van der Waals surface area contributed by atoms with Crippen molar-refractivity contribution in [2.24, 2.45) is 5.73 Å². The summed E-state index contributed by atoms with van der Waals surface area (Å²) in [5.41, 5.74) is 5.47. The highest BCUT2D eigenvalue weighted by molar-refractivity contribution is 4.71. The van der Waals surface area contributed by atoms with E-state index >= 15 is 0 Å². The minimum atomic E-state index is 0.313. The van der Waals surface area contributed by atoms with Crippen molar-refractivity contribution in [3.8, 4) is 0 Å². The summed E-state index contributed by atoms with van der Waals surface area (Å²) in [6.45, 7) is 7.90. The maximum absolute atomic E-state index is 8.71. The Kier molecular flexibility index (Phi) is 6.10. The van der Waals surface area contributed by atoms with Crippen molar-refractivity contribution in [3.05, 3.63) is 0 Å². The smallest absolute Gasteiger partial charge is 0.0443 e. The molecule has 1 fully saturated rings. The molecule has 0 bridgehead atoms. The van der Waals surface area contributed by atoms with Crippen molar-refractivity contribution in [1.82, 2.24) is 9.80 Å². The third kappa shape index (κ3) is 4.37. The van der Waals surface area contributed by atoms with Crippen LogP contribution in [0.5, 0.6) is 0 Å². The molecule has 1 aliphatic heterocycles. The maximum atomic E-state index is 8.71. The molecule has 1 aliphatic rings. The van der Waals surface area contributed by atoms with Gasteiger partial charge in [-0.05, 0) is 25.9 Å². The van der Waals surface area contributed by atoms with Gasteiger partial charge in [0.25, 0.3) is 0 Å². The van der Waals surface area contributed by atoms with Crippen LogP contribution in [0.4, 0.5) is 0 Å². The number of aliphatic hydroxyl groups excluding tert-OH is 1. The lowest BCUT2D eigenvalue weighted by molar-refractivity contribution is 0.124. The zero-order chi connectivity index (χ0) is 10.2. The Hall–Kier alpha value is -0.160. The lowest BCUT2D eigenvalue weighted by atomic mass is 10.2. The lowest BCUT2D eigenvalue weighted by Crippen LogP contribution is -2.47. The molecule has 1 saturated heterocycles. The van der Waals surface area contributed by atoms with E-state index in [1.165, 1.54) is 0 Å². The Morgan fingerprint density at radius 3 is 1.86 bits per heavy atom. The Bertz CT molecular complexity index is 119. The molecule has 0 amide bonds. The van der Waals surface area contributed by atoms with E-state index in [4.69, 9.17) is 10.8 Å². The van der Waals surface area contributed by atoms with E-state index in [0.29, 0.717) is 6.61 Å². The summed E-state index contributed by atoms with van der Waals surface area (Å²) in [4.78, 5) is 4.90. The Labute approximate surface area is 86.7 Å². The number of aliphatic hydroxyl groups is 1. The molecular weight excluding hydrogens is 178 g/mol. The van der Waals surface area contributed by atoms with Gasteiger partial charge in [0, 0.05) is 39.3 Å². The second-order valence-electron chi connectivity index (χ2n) is 3.90. The van der Waals surface area contributed by atoms with Gasteiger partial charge < -0.3 is 20.6 Å². The minimum absolute atomic E-state index is 0.313. The van der Waals surface area contributed by atoms with E-state index < -0.39 is 0 Å². The van der Waals surface area contributed by atoms with Crippen LogP contribution in [0, 0.1) is 0 Å². The molecule has 84 valence electrons. The molecule has 0 atom stereocenters. The van der Waals surface area contributed by atoms with Gasteiger partial charge in [-0.1, -0.05) is 0 Å². The summed E-state index contributed by atoms with van der Waals surface area (Å²) in [6, 6.07) is 0. The fraction of sp³-hybridized carbons (Fsp3) is 1.00. The topological polar surface area (TPSA) is 52.7 Å². The number of nitrogens with zero attached hydrogens (tertiary/aromatic N) is 2. The minimum Gasteiger partial charge on any atom is -0.396 e. The van der Waals surface area contributed by atoms with Crippen molar-refractivity contribution in [2.45, 2.75) is 12.8 Å². The zero-order valence-electron chi connectivity index (χ0n) is 8.99. The molecule has 4 heteroatoms. The summed E-state index contributed by atoms with van der Waals surface area (Å²) >= 11 is 0. The molecule has 0 unspecified atom stereocenters. The second-order valence-corrected chi connectivity index (χ2v) is 3.90. The molecule has 0 aromatic carbocycles. The van der Waals surface area contributed by atoms with Gasteiger partial charge in [0.2, 0.25) is 0 Å². The van der Waals surface area contributed by atoms with Crippen LogP contribution in [0.2, 0.25) is 0 Å². The SMILES string of the molecule is NCCCN1CCN(CCCO)CC1. The Morgan fingerprint density at radius 2 is 1.43 bits per heavy atom. The van der Waals surface area contributed by atoms with E-state index in [9.17, 15) is 0 Å². The average Bonchev–Trinajstić information content (AvgIpc) is 2.25. The quantitative estimate of drug-likeness (QED) is 0.599. The van der Waals surface area contributed by atoms with Gasteiger partial charge in [-0.25, -0.2) is 0 Å². The molecule has 0 aromatic heterocycles. The largest absolute Gasteiger partial charge is 0.396 e. The van der Waals surface area contributed by atoms with Gasteiger partial charge in [0.05, 0.1) is 0 Å². The van der Waals surface area contributed by atoms with Gasteiger partial charge >= 0.3 is 0 Å². The predicted molar refractivity (Wildman–Crippen MR) is 58.3 cm³/mol. The van der Waals surface area contributed by atoms with Crippen molar-refractivity contribution < 1.29 is 5.11 Å². The van der Waals surface area contributed by atoms with Crippen LogP contribution in [0.1, 0.15) is 12.8 Å². The lowest BCUT2D eigenvalue weighted by Gasteiger charge is -2.34. The zero-order valence-corrected chi connectivity index (χ0v) is 8.99. The molecular formula is C10H23N3O. The van der Waals surface area contributed by atoms with E-state index in [2.05, 4.69) is 9.80 Å². The third-order valence-electron chi connectivity index (χ3n) is 2.78. The fourth-order valence-electron chi connectivity index (χ4n) is 1.85. The number of rotatable bonds is 6. The van der Waals surface area contributed by atoms with Crippen molar-refractivity contribution >= 4 is 0 Å². The maximum Gasteiger partial charge on any atom is 0.0443 e. The molecule has 1 rings (SSSR count). The fourth-order valence-corrected chi connectivity index (χ4v) is 1.85. The highest BCUT2D eigenvalue weighted by atomic mass is 16.3. The van der Waals surface area contributed by atoms with Crippen molar-refractivity contribution in [1.29, 1.82) is 0 Å². The molecule has 3 N–H and O–H groups in total. The van der Waals surface area contributed by atoms with Crippen LogP contribution < -0.4 is 5.73 Å². The van der Waals surface area contributed by atoms with Gasteiger partial charge in [-0.3, -0.25) is 0 Å². The third-order valence-corrected chi connectivity index (χ3v) is 2.78. The average molecular weight is 201 g/mol. The van der Waals surface area contributed by atoms with Gasteiger partial charge in [-0.15, -0.1) is 0 Å². The first-order chi connectivity index (χ1) is 6.86. The van der Waals surface area contributed by atoms with Crippen LogP contribution in [-0.2, 0) is 0 Å². The summed E-state index contributed by atoms with van der Waals surface area (Å²) in [5, 5.41) is 8.71. The number of hydrogen-bond donors (Lipinski definition) is 2. The first-order valence-corrected chi connectivity index (χ1v) is 5.62. The molecule has 0 saturated carbocycles. The molecule has 14 heavy (non-hydrogen) atoms. The van der Waals surface area contributed by atoms with Crippen LogP contribution in [0.15, 0.2) is 0 Å². The van der Waals surface area contributed by atoms with Crippen LogP contribution >= 0.6 is 0 Å². The van der Waals surface area contributed by atoms with E-state index in [1.54, 1.807) is 0 Å². The molecule has 0 aromatic rings. The van der Waals surface area contributed by atoms with Gasteiger partial charge in [-0.2, -0.15) is 0 Å². The first kappa shape index (κ1) is 11.9. The molecule has 0 radical (unpaired) electrons. The number of hydrogen-bond acceptors (Lipinski definition) is 4. The molecule has 4 nitrogen and oxygen atoms in total. The number of nitrogens with two attached hydrogens (primary N) is 1. The molecule has 0 aliphatic carbocycles. The van der Waals surface area contributed by atoms with Gasteiger partial charge in [0.1, 0.15) is 0 Å². The normalized spacial score (nSPS) is 20.1. The van der Waals surface area contributed by atoms with Crippen LogP contribution in [-0.4, -0.2) is 67.3 Å². The van der Waals surface area contributed by atoms with E-state index in [1.807, 2.05) is 0 Å². The first-order valence-electron chi connectivity index (χ1n) is 5.62. The van der Waals surface area contributed by atoms with E-state index in [-0.39, 0.29) is 0 Å². The second kappa shape index (κ2) is 7.17. The van der Waals surface area contributed by atoms with Crippen LogP contribution in [0.3, 0.4) is 0 Å². The summed E-state index contributed by atoms with van der Waals surface area (Å²) < 4.78 is 0. The van der Waals surface area contributed by atoms with Crippen molar-refractivity contribution in [2.75, 3.05) is 52.4 Å². The van der Waals surface area contributed by atoms with Crippen molar-refractivity contribution in [3.63, 3.8) is 0 Å². The summed E-state index contributed by atoms with van der Waals surface area (Å²) in [6.07, 6.45) is 2.01. The highest BCUT2D eigenvalue weighted by Crippen LogP contribution is 2.02. The summed E-state index contributed by atoms with van der Waals surface area (Å²) in [7, 11) is 0. The predicted octanol–water partition coefficient (Wildman–Crippen LogP) is -0.665. The standard InChI is InChI=1S/C10H23N3O/c11-3-1-4-12-6-8-13(9-7-12)5-2-10-14/h14H,1-11H2.